The fraction of sp³-hybridized carbons (Fsp3) is 0.333. The van der Waals surface area contributed by atoms with Crippen molar-refractivity contribution in [2.45, 2.75) is 12.5 Å². The second kappa shape index (κ2) is 7.59. The first-order valence-corrected chi connectivity index (χ1v) is 6.99. The lowest BCUT2D eigenvalue weighted by molar-refractivity contribution is -0.385. The molecule has 23 heavy (non-hydrogen) atoms. The Kier molecular flexibility index (Phi) is 5.53. The normalized spacial score (nSPS) is 12.2. The van der Waals surface area contributed by atoms with Crippen LogP contribution in [0.4, 0.5) is 10.1 Å². The van der Waals surface area contributed by atoms with Crippen LogP contribution in [0.3, 0.4) is 0 Å². The summed E-state index contributed by atoms with van der Waals surface area (Å²) in [6.45, 7) is 0.745. The highest BCUT2D eigenvalue weighted by Crippen LogP contribution is 2.23. The average molecular weight is 320 g/mol. The van der Waals surface area contributed by atoms with Crippen LogP contribution in [0.5, 0.6) is 6.01 Å². The van der Waals surface area contributed by atoms with E-state index in [2.05, 4.69) is 9.97 Å². The zero-order valence-electron chi connectivity index (χ0n) is 12.8. The summed E-state index contributed by atoms with van der Waals surface area (Å²) in [4.78, 5) is 19.7. The van der Waals surface area contributed by atoms with Crippen molar-refractivity contribution >= 4 is 5.69 Å². The molecule has 0 aliphatic heterocycles. The van der Waals surface area contributed by atoms with Gasteiger partial charge in [0.1, 0.15) is 24.3 Å². The molecule has 0 saturated carbocycles. The molecule has 0 bridgehead atoms. The Morgan fingerprint density at radius 2 is 1.87 bits per heavy atom. The lowest BCUT2D eigenvalue weighted by atomic mass is 10.1. The highest BCUT2D eigenvalue weighted by atomic mass is 19.1. The van der Waals surface area contributed by atoms with Gasteiger partial charge in [0.25, 0.3) is 0 Å². The molecule has 7 nitrogen and oxygen atoms in total. The molecule has 1 atom stereocenters. The van der Waals surface area contributed by atoms with Crippen LogP contribution >= 0.6 is 0 Å². The molecule has 0 radical (unpaired) electrons. The molecule has 8 heteroatoms. The molecule has 0 spiro atoms. The summed E-state index contributed by atoms with van der Waals surface area (Å²) >= 11 is 0. The fourth-order valence-electron chi connectivity index (χ4n) is 1.94. The van der Waals surface area contributed by atoms with Gasteiger partial charge in [0.15, 0.2) is 0 Å². The summed E-state index contributed by atoms with van der Waals surface area (Å²) in [5.41, 5.74) is 0.583. The van der Waals surface area contributed by atoms with Crippen LogP contribution in [0.15, 0.2) is 36.7 Å². The molecule has 0 saturated heterocycles. The smallest absolute Gasteiger partial charge is 0.317 e. The number of nitrogens with zero attached hydrogens (tertiary/aromatic N) is 4. The largest absolute Gasteiger partial charge is 0.455 e. The summed E-state index contributed by atoms with van der Waals surface area (Å²) in [5, 5.41) is 10.6. The predicted molar refractivity (Wildman–Crippen MR) is 81.6 cm³/mol. The van der Waals surface area contributed by atoms with Gasteiger partial charge in [-0.05, 0) is 31.8 Å². The molecule has 2 rings (SSSR count). The highest BCUT2D eigenvalue weighted by Gasteiger charge is 2.16. The topological polar surface area (TPSA) is 81.4 Å². The molecular formula is C15H17FN4O3. The standard InChI is InChI=1S/C15H17FN4O3/c1-19(2)8-7-14(11-3-5-12(16)6-4-11)23-15-17-9-13(10-18-15)20(21)22/h3-6,9-10,14H,7-8H2,1-2H3. The third kappa shape index (κ3) is 4.96. The Bertz CT molecular complexity index is 647. The summed E-state index contributed by atoms with van der Waals surface area (Å²) in [7, 11) is 3.87. The van der Waals surface area contributed by atoms with E-state index in [9.17, 15) is 14.5 Å². The van der Waals surface area contributed by atoms with Crippen LogP contribution in [-0.2, 0) is 0 Å². The Balaban J connectivity index is 2.16. The monoisotopic (exact) mass is 320 g/mol. The van der Waals surface area contributed by atoms with E-state index in [4.69, 9.17) is 4.74 Å². The molecule has 2 aromatic rings. The Labute approximate surface area is 132 Å². The van der Waals surface area contributed by atoms with Crippen LogP contribution in [-0.4, -0.2) is 40.4 Å². The predicted octanol–water partition coefficient (Wildman–Crippen LogP) is 2.60. The average Bonchev–Trinajstić information content (AvgIpc) is 2.52. The number of rotatable bonds is 7. The first-order chi connectivity index (χ1) is 11.0. The number of halogens is 1. The van der Waals surface area contributed by atoms with Crippen LogP contribution in [0.2, 0.25) is 0 Å². The Hall–Kier alpha value is -2.61. The number of ether oxygens (including phenoxy) is 1. The summed E-state index contributed by atoms with van der Waals surface area (Å²) < 4.78 is 18.8. The first kappa shape index (κ1) is 16.8. The van der Waals surface area contributed by atoms with Crippen molar-refractivity contribution in [2.24, 2.45) is 0 Å². The van der Waals surface area contributed by atoms with Crippen LogP contribution in [0.1, 0.15) is 18.1 Å². The molecule has 1 aromatic carbocycles. The summed E-state index contributed by atoms with van der Waals surface area (Å²) in [5.74, 6) is -0.327. The molecular weight excluding hydrogens is 303 g/mol. The summed E-state index contributed by atoms with van der Waals surface area (Å²) in [6, 6.07) is 6.04. The molecule has 1 heterocycles. The minimum atomic E-state index is -0.576. The second-order valence-corrected chi connectivity index (χ2v) is 5.23. The minimum Gasteiger partial charge on any atom is -0.455 e. The molecule has 0 amide bonds. The van der Waals surface area contributed by atoms with Gasteiger partial charge in [-0.1, -0.05) is 12.1 Å². The molecule has 1 unspecified atom stereocenters. The third-order valence-electron chi connectivity index (χ3n) is 3.15. The van der Waals surface area contributed by atoms with Crippen molar-refractivity contribution in [3.8, 4) is 6.01 Å². The van der Waals surface area contributed by atoms with Crippen molar-refractivity contribution in [1.82, 2.24) is 14.9 Å². The fourth-order valence-corrected chi connectivity index (χ4v) is 1.94. The minimum absolute atomic E-state index is 0.0451. The maximum Gasteiger partial charge on any atom is 0.317 e. The highest BCUT2D eigenvalue weighted by molar-refractivity contribution is 5.23. The van der Waals surface area contributed by atoms with Gasteiger partial charge in [-0.25, -0.2) is 4.39 Å². The van der Waals surface area contributed by atoms with Crippen molar-refractivity contribution in [2.75, 3.05) is 20.6 Å². The van der Waals surface area contributed by atoms with E-state index in [0.29, 0.717) is 6.42 Å². The quantitative estimate of drug-likeness (QED) is 0.576. The maximum atomic E-state index is 13.1. The lowest BCUT2D eigenvalue weighted by Gasteiger charge is -2.20. The van der Waals surface area contributed by atoms with Gasteiger partial charge in [0.05, 0.1) is 4.92 Å². The maximum absolute atomic E-state index is 13.1. The zero-order chi connectivity index (χ0) is 16.8. The van der Waals surface area contributed by atoms with Crippen molar-refractivity contribution in [1.29, 1.82) is 0 Å². The number of benzene rings is 1. The zero-order valence-corrected chi connectivity index (χ0v) is 12.8. The van der Waals surface area contributed by atoms with Gasteiger partial charge in [0, 0.05) is 13.0 Å². The van der Waals surface area contributed by atoms with Gasteiger partial charge >= 0.3 is 11.7 Å². The number of hydrogen-bond acceptors (Lipinski definition) is 6. The Morgan fingerprint density at radius 1 is 1.26 bits per heavy atom. The van der Waals surface area contributed by atoms with Crippen LogP contribution < -0.4 is 4.74 Å². The van der Waals surface area contributed by atoms with Crippen LogP contribution in [0, 0.1) is 15.9 Å². The van der Waals surface area contributed by atoms with E-state index >= 15 is 0 Å². The lowest BCUT2D eigenvalue weighted by Crippen LogP contribution is -2.19. The van der Waals surface area contributed by atoms with Crippen LogP contribution in [0.25, 0.3) is 0 Å². The van der Waals surface area contributed by atoms with E-state index < -0.39 is 4.92 Å². The van der Waals surface area contributed by atoms with Gasteiger partial charge in [0.2, 0.25) is 0 Å². The number of nitro groups is 1. The van der Waals surface area contributed by atoms with Gasteiger partial charge in [-0.2, -0.15) is 9.97 Å². The molecule has 0 fully saturated rings. The van der Waals surface area contributed by atoms with Gasteiger partial charge < -0.3 is 9.64 Å². The van der Waals surface area contributed by atoms with Gasteiger partial charge in [-0.3, -0.25) is 10.1 Å². The third-order valence-corrected chi connectivity index (χ3v) is 3.15. The van der Waals surface area contributed by atoms with E-state index in [1.165, 1.54) is 12.1 Å². The summed E-state index contributed by atoms with van der Waals surface area (Å²) in [6.07, 6.45) is 2.45. The van der Waals surface area contributed by atoms with E-state index in [1.54, 1.807) is 12.1 Å². The van der Waals surface area contributed by atoms with E-state index in [0.717, 1.165) is 24.5 Å². The molecule has 0 aliphatic rings. The Morgan fingerprint density at radius 3 is 2.39 bits per heavy atom. The number of hydrogen-bond donors (Lipinski definition) is 0. The van der Waals surface area contributed by atoms with Crippen molar-refractivity contribution in [3.05, 3.63) is 58.2 Å². The SMILES string of the molecule is CN(C)CCC(Oc1ncc([N+](=O)[O-])cn1)c1ccc(F)cc1. The molecule has 0 N–H and O–H groups in total. The van der Waals surface area contributed by atoms with Crippen molar-refractivity contribution in [3.63, 3.8) is 0 Å². The van der Waals surface area contributed by atoms with Gasteiger partial charge in [-0.15, -0.1) is 0 Å². The molecule has 0 aliphatic carbocycles. The molecule has 122 valence electrons. The second-order valence-electron chi connectivity index (χ2n) is 5.23. The van der Waals surface area contributed by atoms with E-state index in [1.807, 2.05) is 19.0 Å². The van der Waals surface area contributed by atoms with E-state index in [-0.39, 0.29) is 23.6 Å². The van der Waals surface area contributed by atoms with Crippen molar-refractivity contribution < 1.29 is 14.1 Å². The first-order valence-electron chi connectivity index (χ1n) is 6.99. The number of aromatic nitrogens is 2. The molecule has 1 aromatic heterocycles.